The molecule has 0 bridgehead atoms. The minimum absolute atomic E-state index is 0.0637. The number of hydrogen-bond donors (Lipinski definition) is 1. The van der Waals surface area contributed by atoms with E-state index < -0.39 is 0 Å². The van der Waals surface area contributed by atoms with Gasteiger partial charge in [0.25, 0.3) is 0 Å². The SMILES string of the molecule is CC1CCC(CN)CN1Cc1cccc2c1OC(C)(C)C2. The van der Waals surface area contributed by atoms with Crippen LogP contribution in [0.2, 0.25) is 0 Å². The summed E-state index contributed by atoms with van der Waals surface area (Å²) in [5, 5.41) is 0. The molecule has 3 nitrogen and oxygen atoms in total. The van der Waals surface area contributed by atoms with Crippen molar-refractivity contribution in [2.75, 3.05) is 13.1 Å². The highest BCUT2D eigenvalue weighted by Gasteiger charge is 2.32. The molecule has 2 aliphatic rings. The van der Waals surface area contributed by atoms with Gasteiger partial charge < -0.3 is 10.5 Å². The lowest BCUT2D eigenvalue weighted by molar-refractivity contribution is 0.107. The number of piperidine rings is 1. The van der Waals surface area contributed by atoms with Gasteiger partial charge >= 0.3 is 0 Å². The van der Waals surface area contributed by atoms with Gasteiger partial charge in [-0.3, -0.25) is 4.90 Å². The third-order valence-electron chi connectivity index (χ3n) is 4.99. The highest BCUT2D eigenvalue weighted by Crippen LogP contribution is 2.38. The molecule has 2 heterocycles. The minimum atomic E-state index is -0.0637. The van der Waals surface area contributed by atoms with E-state index in [1.54, 1.807) is 0 Å². The molecule has 0 radical (unpaired) electrons. The summed E-state index contributed by atoms with van der Waals surface area (Å²) in [4.78, 5) is 2.57. The second-order valence-electron chi connectivity index (χ2n) is 7.40. The van der Waals surface area contributed by atoms with Crippen LogP contribution in [0, 0.1) is 5.92 Å². The van der Waals surface area contributed by atoms with E-state index in [0.29, 0.717) is 12.0 Å². The molecule has 2 unspecified atom stereocenters. The van der Waals surface area contributed by atoms with Crippen molar-refractivity contribution in [3.05, 3.63) is 29.3 Å². The Kier molecular flexibility index (Phi) is 3.98. The quantitative estimate of drug-likeness (QED) is 0.929. The number of hydrogen-bond acceptors (Lipinski definition) is 3. The van der Waals surface area contributed by atoms with Gasteiger partial charge in [0, 0.05) is 31.1 Å². The Morgan fingerprint density at radius 2 is 2.14 bits per heavy atom. The third-order valence-corrected chi connectivity index (χ3v) is 4.99. The fourth-order valence-corrected chi connectivity index (χ4v) is 3.70. The van der Waals surface area contributed by atoms with Gasteiger partial charge in [0.1, 0.15) is 11.4 Å². The fraction of sp³-hybridized carbons (Fsp3) is 0.667. The first-order chi connectivity index (χ1) is 9.98. The summed E-state index contributed by atoms with van der Waals surface area (Å²) in [7, 11) is 0. The van der Waals surface area contributed by atoms with Crippen LogP contribution >= 0.6 is 0 Å². The molecule has 116 valence electrons. The van der Waals surface area contributed by atoms with E-state index in [-0.39, 0.29) is 5.60 Å². The Hall–Kier alpha value is -1.06. The van der Waals surface area contributed by atoms with Gasteiger partial charge in [-0.15, -0.1) is 0 Å². The Labute approximate surface area is 128 Å². The zero-order chi connectivity index (χ0) is 15.0. The number of benzene rings is 1. The Morgan fingerprint density at radius 3 is 2.90 bits per heavy atom. The molecule has 2 aliphatic heterocycles. The average Bonchev–Trinajstić information content (AvgIpc) is 2.76. The van der Waals surface area contributed by atoms with Gasteiger partial charge in [0.15, 0.2) is 0 Å². The predicted octanol–water partition coefficient (Wildman–Crippen LogP) is 2.96. The maximum absolute atomic E-state index is 6.20. The minimum Gasteiger partial charge on any atom is -0.487 e. The maximum Gasteiger partial charge on any atom is 0.127 e. The molecule has 0 spiro atoms. The van der Waals surface area contributed by atoms with Crippen LogP contribution in [0.5, 0.6) is 5.75 Å². The van der Waals surface area contributed by atoms with E-state index in [1.807, 2.05) is 0 Å². The van der Waals surface area contributed by atoms with Gasteiger partial charge in [-0.05, 0) is 51.6 Å². The van der Waals surface area contributed by atoms with Crippen LogP contribution in [0.1, 0.15) is 44.7 Å². The fourth-order valence-electron chi connectivity index (χ4n) is 3.70. The summed E-state index contributed by atoms with van der Waals surface area (Å²) in [5.41, 5.74) is 8.51. The van der Waals surface area contributed by atoms with E-state index >= 15 is 0 Å². The van der Waals surface area contributed by atoms with Gasteiger partial charge in [-0.25, -0.2) is 0 Å². The van der Waals surface area contributed by atoms with Crippen LogP contribution in [-0.4, -0.2) is 29.6 Å². The molecule has 2 N–H and O–H groups in total. The van der Waals surface area contributed by atoms with Crippen molar-refractivity contribution < 1.29 is 4.74 Å². The summed E-state index contributed by atoms with van der Waals surface area (Å²) in [6.45, 7) is 9.58. The Bertz CT molecular complexity index is 512. The molecule has 1 aromatic carbocycles. The summed E-state index contributed by atoms with van der Waals surface area (Å²) in [5.74, 6) is 1.78. The third kappa shape index (κ3) is 3.09. The molecule has 1 aromatic rings. The number of likely N-dealkylation sites (tertiary alicyclic amines) is 1. The number of nitrogens with zero attached hydrogens (tertiary/aromatic N) is 1. The van der Waals surface area contributed by atoms with Crippen molar-refractivity contribution in [2.24, 2.45) is 11.7 Å². The van der Waals surface area contributed by atoms with E-state index in [2.05, 4.69) is 43.9 Å². The van der Waals surface area contributed by atoms with Gasteiger partial charge in [-0.2, -0.15) is 0 Å². The van der Waals surface area contributed by atoms with Gasteiger partial charge in [0.2, 0.25) is 0 Å². The molecular weight excluding hydrogens is 260 g/mol. The van der Waals surface area contributed by atoms with Gasteiger partial charge in [-0.1, -0.05) is 18.2 Å². The summed E-state index contributed by atoms with van der Waals surface area (Å²) >= 11 is 0. The smallest absolute Gasteiger partial charge is 0.127 e. The van der Waals surface area contributed by atoms with Gasteiger partial charge in [0.05, 0.1) is 0 Å². The highest BCUT2D eigenvalue weighted by molar-refractivity contribution is 5.45. The zero-order valence-electron chi connectivity index (χ0n) is 13.6. The topological polar surface area (TPSA) is 38.5 Å². The second kappa shape index (κ2) is 5.62. The molecule has 2 atom stereocenters. The van der Waals surface area contributed by atoms with Crippen LogP contribution in [-0.2, 0) is 13.0 Å². The van der Waals surface area contributed by atoms with Crippen molar-refractivity contribution in [2.45, 2.75) is 58.2 Å². The van der Waals surface area contributed by atoms with Crippen molar-refractivity contribution in [1.82, 2.24) is 4.90 Å². The Morgan fingerprint density at radius 1 is 1.33 bits per heavy atom. The molecule has 1 fully saturated rings. The molecular formula is C18H28N2O. The lowest BCUT2D eigenvalue weighted by atomic mass is 9.93. The molecule has 3 heteroatoms. The first-order valence-corrected chi connectivity index (χ1v) is 8.22. The van der Waals surface area contributed by atoms with Crippen LogP contribution in [0.3, 0.4) is 0 Å². The average molecular weight is 288 g/mol. The number of nitrogens with two attached hydrogens (primary N) is 1. The van der Waals surface area contributed by atoms with Crippen LogP contribution < -0.4 is 10.5 Å². The van der Waals surface area contributed by atoms with Crippen molar-refractivity contribution >= 4 is 0 Å². The van der Waals surface area contributed by atoms with Crippen molar-refractivity contribution in [3.63, 3.8) is 0 Å². The molecule has 0 aliphatic carbocycles. The number of ether oxygens (including phenoxy) is 1. The van der Waals surface area contributed by atoms with E-state index in [9.17, 15) is 0 Å². The summed E-state index contributed by atoms with van der Waals surface area (Å²) in [6.07, 6.45) is 3.53. The number of fused-ring (bicyclic) bond motifs is 1. The van der Waals surface area contributed by atoms with E-state index in [4.69, 9.17) is 10.5 Å². The highest BCUT2D eigenvalue weighted by atomic mass is 16.5. The van der Waals surface area contributed by atoms with Crippen molar-refractivity contribution in [1.29, 1.82) is 0 Å². The van der Waals surface area contributed by atoms with Crippen LogP contribution in [0.15, 0.2) is 18.2 Å². The Balaban J connectivity index is 1.78. The standard InChI is InChI=1S/C18H28N2O/c1-13-7-8-14(10-19)11-20(13)12-16-6-4-5-15-9-18(2,3)21-17(15)16/h4-6,13-14H,7-12,19H2,1-3H3. The molecule has 21 heavy (non-hydrogen) atoms. The molecule has 3 rings (SSSR count). The summed E-state index contributed by atoms with van der Waals surface area (Å²) in [6, 6.07) is 7.24. The van der Waals surface area contributed by atoms with E-state index in [1.165, 1.54) is 24.0 Å². The number of rotatable bonds is 3. The van der Waals surface area contributed by atoms with Crippen LogP contribution in [0.4, 0.5) is 0 Å². The van der Waals surface area contributed by atoms with Crippen molar-refractivity contribution in [3.8, 4) is 5.75 Å². The maximum atomic E-state index is 6.20. The molecule has 1 saturated heterocycles. The second-order valence-corrected chi connectivity index (χ2v) is 7.40. The zero-order valence-corrected chi connectivity index (χ0v) is 13.6. The lowest BCUT2D eigenvalue weighted by Gasteiger charge is -2.38. The first-order valence-electron chi connectivity index (χ1n) is 8.22. The molecule has 0 amide bonds. The molecule has 0 saturated carbocycles. The predicted molar refractivity (Wildman–Crippen MR) is 86.5 cm³/mol. The monoisotopic (exact) mass is 288 g/mol. The normalized spacial score (nSPS) is 28.2. The van der Waals surface area contributed by atoms with E-state index in [0.717, 1.165) is 31.8 Å². The number of para-hydroxylation sites is 1. The largest absolute Gasteiger partial charge is 0.487 e. The van der Waals surface area contributed by atoms with Crippen LogP contribution in [0.25, 0.3) is 0 Å². The molecule has 0 aromatic heterocycles. The first kappa shape index (κ1) is 14.9. The lowest BCUT2D eigenvalue weighted by Crippen LogP contribution is -2.43. The summed E-state index contributed by atoms with van der Waals surface area (Å²) < 4.78 is 6.20.